The molecule has 1 amide bonds. The van der Waals surface area contributed by atoms with Crippen LogP contribution in [0.25, 0.3) is 11.0 Å². The Bertz CT molecular complexity index is 1160. The molecule has 1 aliphatic rings. The molecule has 0 fully saturated rings. The van der Waals surface area contributed by atoms with Crippen LogP contribution in [-0.2, 0) is 12.6 Å². The first-order valence-corrected chi connectivity index (χ1v) is 10.5. The number of amides is 1. The molecule has 3 aromatic rings. The van der Waals surface area contributed by atoms with Gasteiger partial charge < -0.3 is 11.1 Å². The van der Waals surface area contributed by atoms with E-state index in [1.54, 1.807) is 23.5 Å². The lowest BCUT2D eigenvalue weighted by Gasteiger charge is -2.30. The number of aryl methyl sites for hydroxylation is 2. The fraction of sp³-hybridized carbons (Fsp3) is 0.300. The molecule has 9 heteroatoms. The third-order valence-electron chi connectivity index (χ3n) is 5.15. The molecule has 0 saturated heterocycles. The lowest BCUT2D eigenvalue weighted by molar-refractivity contribution is 0.102. The molecule has 0 bridgehead atoms. The predicted octanol–water partition coefficient (Wildman–Crippen LogP) is 3.85. The molecular weight excluding hydrogens is 408 g/mol. The van der Waals surface area contributed by atoms with Crippen LogP contribution < -0.4 is 11.1 Å². The molecule has 3 heterocycles. The number of carbonyl (C=O) groups is 1. The van der Waals surface area contributed by atoms with Crippen LogP contribution >= 0.6 is 23.4 Å². The van der Waals surface area contributed by atoms with Gasteiger partial charge in [-0.15, -0.1) is 0 Å². The summed E-state index contributed by atoms with van der Waals surface area (Å²) in [7, 11) is 1.80. The summed E-state index contributed by atoms with van der Waals surface area (Å²) in [6.45, 7) is 3.90. The summed E-state index contributed by atoms with van der Waals surface area (Å²) in [6.07, 6.45) is 2.36. The van der Waals surface area contributed by atoms with Crippen molar-refractivity contribution < 1.29 is 4.79 Å². The largest absolute Gasteiger partial charge is 0.379 e. The van der Waals surface area contributed by atoms with Gasteiger partial charge in [0.1, 0.15) is 0 Å². The van der Waals surface area contributed by atoms with Gasteiger partial charge in [0, 0.05) is 24.7 Å². The Labute approximate surface area is 177 Å². The minimum Gasteiger partial charge on any atom is -0.379 e. The number of aliphatic imine (C=N–C) groups is 1. The summed E-state index contributed by atoms with van der Waals surface area (Å²) >= 11 is 8.09. The van der Waals surface area contributed by atoms with Crippen LogP contribution in [0.3, 0.4) is 0 Å². The molecule has 7 nitrogen and oxygen atoms in total. The van der Waals surface area contributed by atoms with Crippen molar-refractivity contribution in [3.05, 3.63) is 52.3 Å². The minimum atomic E-state index is -0.402. The fourth-order valence-corrected chi connectivity index (χ4v) is 4.88. The molecule has 0 saturated carbocycles. The third-order valence-corrected chi connectivity index (χ3v) is 6.33. The first-order valence-electron chi connectivity index (χ1n) is 9.16. The average molecular weight is 429 g/mol. The van der Waals surface area contributed by atoms with Gasteiger partial charge in [0.2, 0.25) is 0 Å². The highest BCUT2D eigenvalue weighted by atomic mass is 35.5. The number of hydrogen-bond acceptors (Lipinski definition) is 6. The summed E-state index contributed by atoms with van der Waals surface area (Å²) in [5.74, 6) is 0.589. The van der Waals surface area contributed by atoms with E-state index in [-0.39, 0.29) is 5.91 Å². The summed E-state index contributed by atoms with van der Waals surface area (Å²) in [5, 5.41) is 8.88. The molecule has 150 valence electrons. The molecular formula is C20H21ClN6OS. The number of rotatable bonds is 3. The van der Waals surface area contributed by atoms with Crippen molar-refractivity contribution in [2.24, 2.45) is 17.8 Å². The summed E-state index contributed by atoms with van der Waals surface area (Å²) in [6, 6.07) is 7.67. The normalized spacial score (nSPS) is 19.2. The zero-order valence-corrected chi connectivity index (χ0v) is 17.9. The Hall–Kier alpha value is -2.58. The highest BCUT2D eigenvalue weighted by molar-refractivity contribution is 8.13. The number of carbonyl (C=O) groups excluding carboxylic acids is 1. The van der Waals surface area contributed by atoms with E-state index in [0.717, 1.165) is 23.4 Å². The molecule has 0 spiro atoms. The van der Waals surface area contributed by atoms with E-state index >= 15 is 0 Å². The van der Waals surface area contributed by atoms with E-state index in [1.165, 1.54) is 6.20 Å². The molecule has 1 aromatic carbocycles. The number of nitrogens with one attached hydrogen (secondary N) is 1. The number of fused-ring (bicyclic) bond motifs is 1. The highest BCUT2D eigenvalue weighted by Crippen LogP contribution is 2.36. The van der Waals surface area contributed by atoms with E-state index < -0.39 is 5.54 Å². The van der Waals surface area contributed by atoms with Crippen LogP contribution in [0.5, 0.6) is 0 Å². The van der Waals surface area contributed by atoms with E-state index in [1.807, 2.05) is 31.2 Å². The SMILES string of the molecule is Cc1nn(C)c2ncc(C(=O)Nc3cccc(C4(C)CCSC(N)=N4)c3)c(Cl)c12. The number of anilines is 1. The maximum atomic E-state index is 12.9. The number of benzene rings is 1. The van der Waals surface area contributed by atoms with Crippen LogP contribution in [0.2, 0.25) is 5.02 Å². The third kappa shape index (κ3) is 3.58. The standard InChI is InChI=1S/C20H21ClN6OS/c1-11-15-16(21)14(10-23-17(15)27(3)26-11)18(28)24-13-6-4-5-12(9-13)20(2)7-8-29-19(22)25-20/h4-6,9-10H,7-8H2,1-3H3,(H2,22,25)(H,24,28). The predicted molar refractivity (Wildman–Crippen MR) is 119 cm³/mol. The Kier molecular flexibility index (Phi) is 5.00. The second-order valence-corrected chi connectivity index (χ2v) is 8.74. The summed E-state index contributed by atoms with van der Waals surface area (Å²) < 4.78 is 1.65. The lowest BCUT2D eigenvalue weighted by atomic mass is 9.89. The monoisotopic (exact) mass is 428 g/mol. The van der Waals surface area contributed by atoms with Gasteiger partial charge in [-0.1, -0.05) is 35.5 Å². The molecule has 3 N–H and O–H groups in total. The molecule has 0 radical (unpaired) electrons. The van der Waals surface area contributed by atoms with Crippen molar-refractivity contribution in [2.75, 3.05) is 11.1 Å². The number of pyridine rings is 1. The van der Waals surface area contributed by atoms with E-state index in [2.05, 4.69) is 27.3 Å². The number of thioether (sulfide) groups is 1. The smallest absolute Gasteiger partial charge is 0.258 e. The molecule has 1 unspecified atom stereocenters. The van der Waals surface area contributed by atoms with Crippen LogP contribution in [0, 0.1) is 6.92 Å². The van der Waals surface area contributed by atoms with Gasteiger partial charge >= 0.3 is 0 Å². The van der Waals surface area contributed by atoms with Crippen molar-refractivity contribution in [3.63, 3.8) is 0 Å². The zero-order chi connectivity index (χ0) is 20.8. The molecule has 1 aliphatic heterocycles. The molecule has 1 atom stereocenters. The Morgan fingerprint density at radius 2 is 2.21 bits per heavy atom. The number of nitrogens with two attached hydrogens (primary N) is 1. The van der Waals surface area contributed by atoms with Crippen molar-refractivity contribution >= 4 is 51.2 Å². The second kappa shape index (κ2) is 7.35. The Morgan fingerprint density at radius 1 is 1.41 bits per heavy atom. The first kappa shape index (κ1) is 19.7. The van der Waals surface area contributed by atoms with Gasteiger partial charge in [0.05, 0.1) is 27.2 Å². The summed E-state index contributed by atoms with van der Waals surface area (Å²) in [4.78, 5) is 21.9. The molecule has 4 rings (SSSR count). The number of halogens is 1. The number of nitrogens with zero attached hydrogens (tertiary/aromatic N) is 4. The van der Waals surface area contributed by atoms with E-state index in [9.17, 15) is 4.79 Å². The zero-order valence-electron chi connectivity index (χ0n) is 16.4. The maximum absolute atomic E-state index is 12.9. The topological polar surface area (TPSA) is 98.2 Å². The van der Waals surface area contributed by atoms with Crippen molar-refractivity contribution in [1.29, 1.82) is 0 Å². The minimum absolute atomic E-state index is 0.309. The van der Waals surface area contributed by atoms with Gasteiger partial charge in [-0.2, -0.15) is 5.10 Å². The van der Waals surface area contributed by atoms with E-state index in [0.29, 0.717) is 32.5 Å². The maximum Gasteiger partial charge on any atom is 0.258 e. The van der Waals surface area contributed by atoms with Crippen LogP contribution in [0.1, 0.15) is 35.0 Å². The number of hydrogen-bond donors (Lipinski definition) is 2. The van der Waals surface area contributed by atoms with Crippen LogP contribution in [0.4, 0.5) is 5.69 Å². The highest BCUT2D eigenvalue weighted by Gasteiger charge is 2.29. The van der Waals surface area contributed by atoms with Gasteiger partial charge in [0.25, 0.3) is 5.91 Å². The first-order chi connectivity index (χ1) is 13.8. The van der Waals surface area contributed by atoms with Gasteiger partial charge in [-0.3, -0.25) is 14.5 Å². The second-order valence-electron chi connectivity index (χ2n) is 7.25. The number of amidine groups is 1. The summed E-state index contributed by atoms with van der Waals surface area (Å²) in [5.41, 5.74) is 8.88. The quantitative estimate of drug-likeness (QED) is 0.660. The molecule has 0 aliphatic carbocycles. The van der Waals surface area contributed by atoms with E-state index in [4.69, 9.17) is 17.3 Å². The van der Waals surface area contributed by atoms with Gasteiger partial charge in [0.15, 0.2) is 10.8 Å². The van der Waals surface area contributed by atoms with Crippen molar-refractivity contribution in [3.8, 4) is 0 Å². The Morgan fingerprint density at radius 3 is 2.97 bits per heavy atom. The van der Waals surface area contributed by atoms with Crippen molar-refractivity contribution in [1.82, 2.24) is 14.8 Å². The van der Waals surface area contributed by atoms with Crippen LogP contribution in [0.15, 0.2) is 35.5 Å². The van der Waals surface area contributed by atoms with Crippen LogP contribution in [-0.4, -0.2) is 31.6 Å². The fourth-order valence-electron chi connectivity index (χ4n) is 3.55. The van der Waals surface area contributed by atoms with Gasteiger partial charge in [-0.25, -0.2) is 4.98 Å². The van der Waals surface area contributed by atoms with Crippen molar-refractivity contribution in [2.45, 2.75) is 25.8 Å². The lowest BCUT2D eigenvalue weighted by Crippen LogP contribution is -2.28. The number of aromatic nitrogens is 3. The van der Waals surface area contributed by atoms with Gasteiger partial charge in [-0.05, 0) is 38.0 Å². The average Bonchev–Trinajstić information content (AvgIpc) is 2.96. The molecule has 29 heavy (non-hydrogen) atoms. The molecule has 2 aromatic heterocycles. The Balaban J connectivity index is 1.64.